The van der Waals surface area contributed by atoms with E-state index in [-0.39, 0.29) is 0 Å². The Labute approximate surface area is 190 Å². The molecule has 0 amide bonds. The van der Waals surface area contributed by atoms with Crippen LogP contribution in [0.2, 0.25) is 0 Å². The van der Waals surface area contributed by atoms with Crippen LogP contribution >= 0.6 is 0 Å². The normalized spacial score (nSPS) is 9.63. The molecule has 0 bridgehead atoms. The second-order valence-corrected chi connectivity index (χ2v) is 5.89. The summed E-state index contributed by atoms with van der Waals surface area (Å²) in [5.41, 5.74) is 9.22. The molecule has 4 rings (SSSR count). The van der Waals surface area contributed by atoms with Crippen LogP contribution in [0.15, 0.2) is 70.4 Å². The van der Waals surface area contributed by atoms with E-state index in [1.807, 2.05) is 31.2 Å². The molecule has 0 spiro atoms. The molecule has 2 aromatic heterocycles. The van der Waals surface area contributed by atoms with Crippen LogP contribution in [-0.2, 0) is 0 Å². The fraction of sp³-hybridized carbons (Fsp3) is 0.143. The maximum atomic E-state index is 7.06. The first-order chi connectivity index (χ1) is 14.6. The number of oxazole rings is 2. The molecular weight excluding hydrogens is 584 g/mol. The standard InChI is InChI=1S/C11H11NO2.C10H10N2O2.AtHO/c1-8-3-4-9(10(5-8)13-2)11-6-12-7-14-11;1-13-9-4-7(11)2-3-8(9)10-5-12-6-14-10;1-2/h3-7H,1-2H3;2-6H,11H2,1H3;2H. The van der Waals surface area contributed by atoms with Gasteiger partial charge in [-0.05, 0) is 36.8 Å². The van der Waals surface area contributed by atoms with Gasteiger partial charge in [-0.25, -0.2) is 9.97 Å². The quantitative estimate of drug-likeness (QED) is 0.335. The topological polar surface area (TPSA) is 117 Å². The van der Waals surface area contributed by atoms with E-state index >= 15 is 0 Å². The summed E-state index contributed by atoms with van der Waals surface area (Å²) in [4.78, 5) is 7.72. The number of rotatable bonds is 4. The van der Waals surface area contributed by atoms with Crippen LogP contribution in [-0.4, -0.2) is 27.4 Å². The molecule has 9 heteroatoms. The van der Waals surface area contributed by atoms with Crippen molar-refractivity contribution < 1.29 is 46.7 Å². The van der Waals surface area contributed by atoms with E-state index in [2.05, 4.69) is 9.97 Å². The van der Waals surface area contributed by atoms with Crippen molar-refractivity contribution in [2.24, 2.45) is 0 Å². The second kappa shape index (κ2) is 11.9. The van der Waals surface area contributed by atoms with Crippen molar-refractivity contribution in [1.29, 1.82) is 0 Å². The van der Waals surface area contributed by atoms with Crippen LogP contribution in [0.5, 0.6) is 11.5 Å². The summed E-state index contributed by atoms with van der Waals surface area (Å²) in [5.74, 6) is 2.88. The summed E-state index contributed by atoms with van der Waals surface area (Å²) < 4.78 is 27.9. The summed E-state index contributed by atoms with van der Waals surface area (Å²) in [6, 6.07) is 11.3. The molecule has 2 aromatic carbocycles. The minimum atomic E-state index is 0.658. The van der Waals surface area contributed by atoms with Crippen LogP contribution in [0.25, 0.3) is 22.6 Å². The van der Waals surface area contributed by atoms with E-state index in [9.17, 15) is 0 Å². The number of nitrogen functional groups attached to an aromatic ring is 1. The Balaban J connectivity index is 0.000000197. The van der Waals surface area contributed by atoms with Crippen LogP contribution in [0, 0.1) is 32.1 Å². The van der Waals surface area contributed by atoms with Gasteiger partial charge in [-0.1, -0.05) is 6.07 Å². The first-order valence-electron chi connectivity index (χ1n) is 8.65. The Bertz CT molecular complexity index is 938. The van der Waals surface area contributed by atoms with Gasteiger partial charge in [0, 0.05) is 11.8 Å². The van der Waals surface area contributed by atoms with Crippen LogP contribution < -0.4 is 15.2 Å². The number of nitrogens with two attached hydrogens (primary N) is 1. The molecule has 158 valence electrons. The van der Waals surface area contributed by atoms with Gasteiger partial charge in [-0.15, -0.1) is 0 Å². The molecule has 2 heterocycles. The van der Waals surface area contributed by atoms with Crippen molar-refractivity contribution in [2.45, 2.75) is 6.92 Å². The molecule has 8 nitrogen and oxygen atoms in total. The van der Waals surface area contributed by atoms with Crippen LogP contribution in [0.4, 0.5) is 5.69 Å². The molecule has 0 radical (unpaired) electrons. The Morgan fingerprint density at radius 1 is 0.833 bits per heavy atom. The van der Waals surface area contributed by atoms with Gasteiger partial charge >= 0.3 is 28.3 Å². The zero-order chi connectivity index (χ0) is 21.9. The summed E-state index contributed by atoms with van der Waals surface area (Å²) in [5, 5.41) is 0. The van der Waals surface area contributed by atoms with Crippen molar-refractivity contribution in [2.75, 3.05) is 20.0 Å². The van der Waals surface area contributed by atoms with E-state index in [0.717, 1.165) is 53.4 Å². The average Bonchev–Trinajstić information content (AvgIpc) is 3.50. The zero-order valence-electron chi connectivity index (χ0n) is 16.7. The van der Waals surface area contributed by atoms with Crippen molar-refractivity contribution in [3.05, 3.63) is 67.1 Å². The van der Waals surface area contributed by atoms with E-state index in [1.165, 1.54) is 12.8 Å². The third-order valence-corrected chi connectivity index (χ3v) is 3.98. The van der Waals surface area contributed by atoms with Gasteiger partial charge in [0.15, 0.2) is 24.3 Å². The van der Waals surface area contributed by atoms with E-state index in [0.29, 0.717) is 17.2 Å². The van der Waals surface area contributed by atoms with Crippen molar-refractivity contribution in [1.82, 2.24) is 9.97 Å². The fourth-order valence-corrected chi connectivity index (χ4v) is 2.61. The molecule has 0 unspecified atom stereocenters. The average molecular weight is 606 g/mol. The number of ether oxygens (including phenoxy) is 2. The number of anilines is 1. The number of benzene rings is 2. The van der Waals surface area contributed by atoms with Crippen LogP contribution in [0.1, 0.15) is 5.56 Å². The number of methoxy groups -OCH3 is 2. The molecule has 4 aromatic rings. The van der Waals surface area contributed by atoms with Gasteiger partial charge in [0.25, 0.3) is 0 Å². The molecule has 0 saturated carbocycles. The SMILES string of the molecule is COc1cc(C)ccc1-c1cnco1.COc1cc(N)ccc1-c1cnco1.O[At]. The first kappa shape index (κ1) is 23.4. The number of nitrogens with zero attached hydrogens (tertiary/aromatic N) is 2. The summed E-state index contributed by atoms with van der Waals surface area (Å²) in [6.45, 7) is 2.02. The predicted molar refractivity (Wildman–Crippen MR) is 108 cm³/mol. The molecule has 0 fully saturated rings. The predicted octanol–water partition coefficient (Wildman–Crippen LogP) is 4.03. The van der Waals surface area contributed by atoms with Gasteiger partial charge in [0.2, 0.25) is 0 Å². The van der Waals surface area contributed by atoms with Gasteiger partial charge in [0.05, 0.1) is 37.7 Å². The maximum absolute atomic E-state index is 7.06. The Hall–Kier alpha value is -2.90. The Kier molecular flexibility index (Phi) is 9.31. The molecular formula is C21H22AtN3O5. The number of aryl methyl sites for hydroxylation is 1. The molecule has 0 saturated heterocycles. The Morgan fingerprint density at radius 2 is 1.33 bits per heavy atom. The summed E-state index contributed by atoms with van der Waals surface area (Å²) in [7, 11) is 3.24. The fourth-order valence-electron chi connectivity index (χ4n) is 2.61. The van der Waals surface area contributed by atoms with Gasteiger partial charge in [0.1, 0.15) is 11.5 Å². The monoisotopic (exact) mass is 606 g/mol. The molecule has 3 N–H and O–H groups in total. The third kappa shape index (κ3) is 6.05. The van der Waals surface area contributed by atoms with E-state index in [1.54, 1.807) is 38.7 Å². The van der Waals surface area contributed by atoms with Gasteiger partial charge in [-0.2, -0.15) is 0 Å². The molecule has 0 aliphatic heterocycles. The van der Waals surface area contributed by atoms with Crippen molar-refractivity contribution in [3.8, 4) is 34.1 Å². The molecule has 0 aliphatic rings. The molecule has 0 atom stereocenters. The summed E-state index contributed by atoms with van der Waals surface area (Å²) >= 11 is 0.722. The number of aromatic nitrogens is 2. The van der Waals surface area contributed by atoms with Gasteiger partial charge < -0.3 is 24.0 Å². The summed E-state index contributed by atoms with van der Waals surface area (Å²) in [6.07, 6.45) is 6.10. The first-order valence-corrected chi connectivity index (χ1v) is 9.96. The zero-order valence-corrected chi connectivity index (χ0v) is 19.6. The molecule has 30 heavy (non-hydrogen) atoms. The molecule has 0 aliphatic carbocycles. The van der Waals surface area contributed by atoms with E-state index < -0.39 is 0 Å². The second-order valence-electron chi connectivity index (χ2n) is 5.89. The van der Waals surface area contributed by atoms with Crippen molar-refractivity contribution >= 4 is 5.69 Å². The Morgan fingerprint density at radius 3 is 1.80 bits per heavy atom. The van der Waals surface area contributed by atoms with Crippen molar-refractivity contribution in [3.63, 3.8) is 0 Å². The van der Waals surface area contributed by atoms with Gasteiger partial charge in [-0.3, -0.25) is 0 Å². The number of hydrogen-bond donors (Lipinski definition) is 2. The third-order valence-electron chi connectivity index (χ3n) is 3.98. The minimum absolute atomic E-state index is 0.658. The number of hydrogen-bond acceptors (Lipinski definition) is 8. The van der Waals surface area contributed by atoms with Crippen LogP contribution in [0.3, 0.4) is 0 Å². The van der Waals surface area contributed by atoms with E-state index in [4.69, 9.17) is 27.2 Å².